The molecule has 9 heteroatoms. The standard InChI is InChI=1S/C12H13N3O4S2/c13-5-1-7-15(8-2-6-14)21(18,19)12-4-3-10(20-12)9-11(16)17/h3-4H,1-2,7-9H2,(H,16,17). The van der Waals surface area contributed by atoms with Gasteiger partial charge in [0.15, 0.2) is 0 Å². The van der Waals surface area contributed by atoms with Gasteiger partial charge in [0, 0.05) is 30.8 Å². The number of carboxylic acid groups (broad SMARTS) is 1. The average Bonchev–Trinajstić information content (AvgIpc) is 2.87. The van der Waals surface area contributed by atoms with Gasteiger partial charge in [0.05, 0.1) is 18.6 Å². The zero-order chi connectivity index (χ0) is 15.9. The van der Waals surface area contributed by atoms with Crippen LogP contribution in [0.15, 0.2) is 16.3 Å². The molecule has 0 amide bonds. The summed E-state index contributed by atoms with van der Waals surface area (Å²) in [5.41, 5.74) is 0. The number of nitrogens with zero attached hydrogens (tertiary/aromatic N) is 3. The van der Waals surface area contributed by atoms with Gasteiger partial charge >= 0.3 is 5.97 Å². The first kappa shape index (κ1) is 17.1. The molecule has 0 radical (unpaired) electrons. The van der Waals surface area contributed by atoms with Gasteiger partial charge in [-0.15, -0.1) is 11.3 Å². The maximum Gasteiger partial charge on any atom is 0.308 e. The van der Waals surface area contributed by atoms with E-state index in [0.29, 0.717) is 4.88 Å². The Morgan fingerprint density at radius 2 is 1.81 bits per heavy atom. The minimum absolute atomic E-state index is 0.00662. The minimum atomic E-state index is -3.80. The predicted octanol–water partition coefficient (Wildman–Crippen LogP) is 1.19. The molecule has 0 bridgehead atoms. The lowest BCUT2D eigenvalue weighted by Crippen LogP contribution is -2.32. The first-order valence-corrected chi connectivity index (χ1v) is 8.22. The minimum Gasteiger partial charge on any atom is -0.481 e. The van der Waals surface area contributed by atoms with E-state index in [1.165, 1.54) is 12.1 Å². The topological polar surface area (TPSA) is 122 Å². The number of carboxylic acids is 1. The fourth-order valence-corrected chi connectivity index (χ4v) is 4.51. The molecule has 0 spiro atoms. The van der Waals surface area contributed by atoms with E-state index in [9.17, 15) is 13.2 Å². The molecule has 0 aliphatic heterocycles. The number of thiophene rings is 1. The first-order valence-electron chi connectivity index (χ1n) is 5.96. The van der Waals surface area contributed by atoms with Crippen molar-refractivity contribution in [2.24, 2.45) is 0 Å². The lowest BCUT2D eigenvalue weighted by Gasteiger charge is -2.18. The van der Waals surface area contributed by atoms with E-state index in [0.717, 1.165) is 15.6 Å². The Labute approximate surface area is 126 Å². The number of aliphatic carboxylic acids is 1. The number of rotatable bonds is 8. The molecule has 112 valence electrons. The van der Waals surface area contributed by atoms with Gasteiger partial charge in [-0.25, -0.2) is 8.42 Å². The molecule has 1 heterocycles. The summed E-state index contributed by atoms with van der Waals surface area (Å²) >= 11 is 0.887. The SMILES string of the molecule is N#CCCN(CCC#N)S(=O)(=O)c1ccc(CC(=O)O)s1. The zero-order valence-electron chi connectivity index (χ0n) is 11.0. The van der Waals surface area contributed by atoms with Crippen LogP contribution >= 0.6 is 11.3 Å². The van der Waals surface area contributed by atoms with Gasteiger partial charge in [-0.05, 0) is 12.1 Å². The first-order chi connectivity index (χ1) is 9.91. The number of carbonyl (C=O) groups is 1. The molecule has 0 aliphatic carbocycles. The van der Waals surface area contributed by atoms with Crippen LogP contribution in [0.25, 0.3) is 0 Å². The molecule has 0 fully saturated rings. The van der Waals surface area contributed by atoms with Crippen LogP contribution in [0.4, 0.5) is 0 Å². The Kier molecular flexibility index (Phi) is 6.31. The van der Waals surface area contributed by atoms with Crippen molar-refractivity contribution < 1.29 is 18.3 Å². The number of hydrogen-bond donors (Lipinski definition) is 1. The predicted molar refractivity (Wildman–Crippen MR) is 74.9 cm³/mol. The fourth-order valence-electron chi connectivity index (χ4n) is 1.57. The van der Waals surface area contributed by atoms with Gasteiger partial charge < -0.3 is 5.11 Å². The maximum absolute atomic E-state index is 12.4. The molecule has 0 saturated carbocycles. The van der Waals surface area contributed by atoms with E-state index in [1.807, 2.05) is 12.1 Å². The highest BCUT2D eigenvalue weighted by Gasteiger charge is 2.25. The monoisotopic (exact) mass is 327 g/mol. The maximum atomic E-state index is 12.4. The molecule has 1 aromatic heterocycles. The molecule has 7 nitrogen and oxygen atoms in total. The van der Waals surface area contributed by atoms with Crippen LogP contribution in [0, 0.1) is 22.7 Å². The highest BCUT2D eigenvalue weighted by atomic mass is 32.2. The number of sulfonamides is 1. The van der Waals surface area contributed by atoms with Crippen LogP contribution < -0.4 is 0 Å². The Morgan fingerprint density at radius 1 is 1.24 bits per heavy atom. The smallest absolute Gasteiger partial charge is 0.308 e. The van der Waals surface area contributed by atoms with Crippen molar-refractivity contribution in [1.29, 1.82) is 10.5 Å². The second kappa shape index (κ2) is 7.74. The zero-order valence-corrected chi connectivity index (χ0v) is 12.7. The molecule has 1 N–H and O–H groups in total. The van der Waals surface area contributed by atoms with Crippen LogP contribution in [0.1, 0.15) is 17.7 Å². The lowest BCUT2D eigenvalue weighted by atomic mass is 10.3. The largest absolute Gasteiger partial charge is 0.481 e. The van der Waals surface area contributed by atoms with E-state index >= 15 is 0 Å². The second-order valence-electron chi connectivity index (χ2n) is 4.01. The van der Waals surface area contributed by atoms with Gasteiger partial charge in [0.2, 0.25) is 0 Å². The van der Waals surface area contributed by atoms with Crippen LogP contribution in [0.5, 0.6) is 0 Å². The van der Waals surface area contributed by atoms with E-state index in [-0.39, 0.29) is 36.6 Å². The van der Waals surface area contributed by atoms with E-state index in [1.54, 1.807) is 0 Å². The molecule has 0 unspecified atom stereocenters. The summed E-state index contributed by atoms with van der Waals surface area (Å²) in [6.45, 7) is 0.0132. The molecule has 0 atom stereocenters. The van der Waals surface area contributed by atoms with Gasteiger partial charge in [0.25, 0.3) is 10.0 Å². The van der Waals surface area contributed by atoms with Gasteiger partial charge in [-0.2, -0.15) is 14.8 Å². The highest BCUT2D eigenvalue weighted by Crippen LogP contribution is 2.25. The Bertz CT molecular complexity index is 664. The van der Waals surface area contributed by atoms with Gasteiger partial charge in [-0.1, -0.05) is 0 Å². The summed E-state index contributed by atoms with van der Waals surface area (Å²) in [4.78, 5) is 11.1. The van der Waals surface area contributed by atoms with E-state index in [4.69, 9.17) is 15.6 Å². The Hall–Kier alpha value is -1.94. The molecule has 0 saturated heterocycles. The Morgan fingerprint density at radius 3 is 2.29 bits per heavy atom. The normalized spacial score (nSPS) is 11.0. The van der Waals surface area contributed by atoms with Crippen molar-refractivity contribution in [3.8, 4) is 12.1 Å². The summed E-state index contributed by atoms with van der Waals surface area (Å²) in [7, 11) is -3.80. The molecule has 0 aromatic carbocycles. The third kappa shape index (κ3) is 4.83. The van der Waals surface area contributed by atoms with Crippen molar-refractivity contribution in [2.45, 2.75) is 23.5 Å². The summed E-state index contributed by atoms with van der Waals surface area (Å²) in [6, 6.07) is 6.54. The molecule has 21 heavy (non-hydrogen) atoms. The summed E-state index contributed by atoms with van der Waals surface area (Å²) in [5, 5.41) is 25.9. The number of hydrogen-bond acceptors (Lipinski definition) is 6. The van der Waals surface area contributed by atoms with Crippen LogP contribution in [-0.2, 0) is 21.2 Å². The van der Waals surface area contributed by atoms with Crippen LogP contribution in [0.2, 0.25) is 0 Å². The second-order valence-corrected chi connectivity index (χ2v) is 7.34. The molecule has 1 aromatic rings. The Balaban J connectivity index is 2.99. The van der Waals surface area contributed by atoms with Crippen molar-refractivity contribution in [3.63, 3.8) is 0 Å². The number of nitriles is 2. The van der Waals surface area contributed by atoms with Gasteiger partial charge in [-0.3, -0.25) is 4.79 Å². The molecule has 0 aliphatic rings. The van der Waals surface area contributed by atoms with Crippen molar-refractivity contribution in [2.75, 3.05) is 13.1 Å². The summed E-state index contributed by atoms with van der Waals surface area (Å²) < 4.78 is 25.9. The third-order valence-electron chi connectivity index (χ3n) is 2.50. The third-order valence-corrected chi connectivity index (χ3v) is 5.95. The van der Waals surface area contributed by atoms with E-state index < -0.39 is 16.0 Å². The van der Waals surface area contributed by atoms with Crippen molar-refractivity contribution in [1.82, 2.24) is 4.31 Å². The molecule has 1 rings (SSSR count). The van der Waals surface area contributed by atoms with E-state index in [2.05, 4.69) is 0 Å². The van der Waals surface area contributed by atoms with Crippen LogP contribution in [-0.4, -0.2) is 36.9 Å². The summed E-state index contributed by atoms with van der Waals surface area (Å²) in [5.74, 6) is -1.04. The molecular formula is C12H13N3O4S2. The van der Waals surface area contributed by atoms with Gasteiger partial charge in [0.1, 0.15) is 4.21 Å². The van der Waals surface area contributed by atoms with Crippen molar-refractivity contribution >= 4 is 27.3 Å². The highest BCUT2D eigenvalue weighted by molar-refractivity contribution is 7.91. The molecular weight excluding hydrogens is 314 g/mol. The van der Waals surface area contributed by atoms with Crippen LogP contribution in [0.3, 0.4) is 0 Å². The average molecular weight is 327 g/mol. The summed E-state index contributed by atoms with van der Waals surface area (Å²) in [6.07, 6.45) is -0.188. The fraction of sp³-hybridized carbons (Fsp3) is 0.417. The quantitative estimate of drug-likeness (QED) is 0.765. The van der Waals surface area contributed by atoms with Crippen molar-refractivity contribution in [3.05, 3.63) is 17.0 Å². The lowest BCUT2D eigenvalue weighted by molar-refractivity contribution is -0.136.